The first-order chi connectivity index (χ1) is 8.52. The quantitative estimate of drug-likeness (QED) is 0.697. The Morgan fingerprint density at radius 1 is 0.722 bits per heavy atom. The van der Waals surface area contributed by atoms with Crippen molar-refractivity contribution in [3.63, 3.8) is 0 Å². The Morgan fingerprint density at radius 2 is 1.11 bits per heavy atom. The second-order valence-electron chi connectivity index (χ2n) is 4.01. The van der Waals surface area contributed by atoms with Crippen molar-refractivity contribution in [2.24, 2.45) is 0 Å². The molecule has 0 aliphatic heterocycles. The number of hydrogen-bond donors (Lipinski definition) is 0. The molecule has 0 aliphatic carbocycles. The molecule has 2 rings (SSSR count). The smallest absolute Gasteiger partial charge is 0.162 e. The standard InChI is InChI=1S/C14H10F4/c1-8(9-4-2-6-11(15)13(9)17)10-5-3-7-12(16)14(10)18/h2-8H,1H3. The SMILES string of the molecule is CC(c1cccc(F)c1F)c1cccc(F)c1F. The fourth-order valence-corrected chi connectivity index (χ4v) is 1.88. The molecule has 0 spiro atoms. The molecule has 2 aromatic rings. The van der Waals surface area contributed by atoms with Crippen molar-refractivity contribution in [2.75, 3.05) is 0 Å². The third kappa shape index (κ3) is 2.10. The zero-order valence-corrected chi connectivity index (χ0v) is 9.55. The zero-order valence-electron chi connectivity index (χ0n) is 9.55. The molecule has 2 aromatic carbocycles. The molecule has 0 aromatic heterocycles. The third-order valence-corrected chi connectivity index (χ3v) is 2.90. The molecule has 0 radical (unpaired) electrons. The number of rotatable bonds is 2. The highest BCUT2D eigenvalue weighted by Crippen LogP contribution is 2.29. The van der Waals surface area contributed by atoms with Crippen LogP contribution in [0.4, 0.5) is 17.6 Å². The van der Waals surface area contributed by atoms with Crippen LogP contribution < -0.4 is 0 Å². The monoisotopic (exact) mass is 254 g/mol. The van der Waals surface area contributed by atoms with Gasteiger partial charge in [0.2, 0.25) is 0 Å². The summed E-state index contributed by atoms with van der Waals surface area (Å²) >= 11 is 0. The molecular formula is C14H10F4. The molecule has 0 nitrogen and oxygen atoms in total. The number of halogens is 4. The van der Waals surface area contributed by atoms with Gasteiger partial charge in [0.15, 0.2) is 23.3 Å². The lowest BCUT2D eigenvalue weighted by Gasteiger charge is -2.14. The van der Waals surface area contributed by atoms with Gasteiger partial charge in [-0.3, -0.25) is 0 Å². The average Bonchev–Trinajstić information content (AvgIpc) is 2.35. The minimum absolute atomic E-state index is 0.000463. The summed E-state index contributed by atoms with van der Waals surface area (Å²) in [6.07, 6.45) is 0. The van der Waals surface area contributed by atoms with Crippen molar-refractivity contribution >= 4 is 0 Å². The van der Waals surface area contributed by atoms with Crippen molar-refractivity contribution in [3.8, 4) is 0 Å². The van der Waals surface area contributed by atoms with E-state index in [2.05, 4.69) is 0 Å². The summed E-state index contributed by atoms with van der Waals surface area (Å²) in [5.74, 6) is -4.84. The van der Waals surface area contributed by atoms with Crippen LogP contribution in [0.2, 0.25) is 0 Å². The molecule has 0 aliphatic rings. The number of benzene rings is 2. The first-order valence-corrected chi connectivity index (χ1v) is 5.40. The Morgan fingerprint density at radius 3 is 1.50 bits per heavy atom. The first-order valence-electron chi connectivity index (χ1n) is 5.40. The van der Waals surface area contributed by atoms with E-state index in [-0.39, 0.29) is 11.1 Å². The highest BCUT2D eigenvalue weighted by Gasteiger charge is 2.20. The second kappa shape index (κ2) is 4.80. The van der Waals surface area contributed by atoms with Crippen molar-refractivity contribution < 1.29 is 17.6 Å². The van der Waals surface area contributed by atoms with E-state index in [4.69, 9.17) is 0 Å². The molecule has 4 heteroatoms. The summed E-state index contributed by atoms with van der Waals surface area (Å²) < 4.78 is 53.3. The van der Waals surface area contributed by atoms with Crippen LogP contribution in [-0.2, 0) is 0 Å². The maximum Gasteiger partial charge on any atom is 0.162 e. The van der Waals surface area contributed by atoms with Gasteiger partial charge in [-0.15, -0.1) is 0 Å². The Kier molecular flexibility index (Phi) is 3.36. The second-order valence-corrected chi connectivity index (χ2v) is 4.01. The highest BCUT2D eigenvalue weighted by atomic mass is 19.2. The van der Waals surface area contributed by atoms with E-state index in [1.807, 2.05) is 0 Å². The van der Waals surface area contributed by atoms with Crippen LogP contribution >= 0.6 is 0 Å². The van der Waals surface area contributed by atoms with Gasteiger partial charge in [-0.2, -0.15) is 0 Å². The lowest BCUT2D eigenvalue weighted by Crippen LogP contribution is -2.04. The van der Waals surface area contributed by atoms with Crippen LogP contribution in [0.25, 0.3) is 0 Å². The lowest BCUT2D eigenvalue weighted by molar-refractivity contribution is 0.482. The molecule has 0 bridgehead atoms. The molecule has 0 amide bonds. The Labute approximate surface area is 102 Å². The Hall–Kier alpha value is -1.84. The van der Waals surface area contributed by atoms with Crippen LogP contribution in [0.1, 0.15) is 24.0 Å². The van der Waals surface area contributed by atoms with E-state index < -0.39 is 29.2 Å². The molecule has 0 atom stereocenters. The van der Waals surface area contributed by atoms with Gasteiger partial charge in [-0.1, -0.05) is 31.2 Å². The summed E-state index contributed by atoms with van der Waals surface area (Å²) in [6.45, 7) is 1.50. The Bertz CT molecular complexity index is 527. The molecular weight excluding hydrogens is 244 g/mol. The van der Waals surface area contributed by atoms with Crippen LogP contribution in [0.5, 0.6) is 0 Å². The molecule has 0 fully saturated rings. The lowest BCUT2D eigenvalue weighted by atomic mass is 9.92. The van der Waals surface area contributed by atoms with E-state index in [1.165, 1.54) is 31.2 Å². The van der Waals surface area contributed by atoms with Crippen LogP contribution in [-0.4, -0.2) is 0 Å². The zero-order chi connectivity index (χ0) is 13.3. The molecule has 94 valence electrons. The normalized spacial score (nSPS) is 11.0. The summed E-state index contributed by atoms with van der Waals surface area (Å²) in [6, 6.07) is 7.34. The van der Waals surface area contributed by atoms with Gasteiger partial charge >= 0.3 is 0 Å². The maximum absolute atomic E-state index is 13.6. The van der Waals surface area contributed by atoms with E-state index in [0.29, 0.717) is 0 Å². The Balaban J connectivity index is 2.51. The predicted octanol–water partition coefficient (Wildman–Crippen LogP) is 4.39. The van der Waals surface area contributed by atoms with Gasteiger partial charge in [0.25, 0.3) is 0 Å². The highest BCUT2D eigenvalue weighted by molar-refractivity contribution is 5.34. The predicted molar refractivity (Wildman–Crippen MR) is 60.2 cm³/mol. The van der Waals surface area contributed by atoms with Gasteiger partial charge in [-0.25, -0.2) is 17.6 Å². The number of hydrogen-bond acceptors (Lipinski definition) is 0. The minimum Gasteiger partial charge on any atom is -0.204 e. The van der Waals surface area contributed by atoms with Gasteiger partial charge in [0, 0.05) is 5.92 Å². The average molecular weight is 254 g/mol. The largest absolute Gasteiger partial charge is 0.204 e. The topological polar surface area (TPSA) is 0 Å². The van der Waals surface area contributed by atoms with E-state index >= 15 is 0 Å². The van der Waals surface area contributed by atoms with Gasteiger partial charge in [0.05, 0.1) is 0 Å². The summed E-state index contributed by atoms with van der Waals surface area (Å²) in [5, 5.41) is 0. The third-order valence-electron chi connectivity index (χ3n) is 2.90. The van der Waals surface area contributed by atoms with Crippen LogP contribution in [0.15, 0.2) is 36.4 Å². The molecule has 0 saturated heterocycles. The maximum atomic E-state index is 13.6. The summed E-state index contributed by atoms with van der Waals surface area (Å²) in [5.41, 5.74) is -0.000926. The van der Waals surface area contributed by atoms with Crippen molar-refractivity contribution in [1.82, 2.24) is 0 Å². The molecule has 0 unspecified atom stereocenters. The van der Waals surface area contributed by atoms with E-state index in [0.717, 1.165) is 12.1 Å². The fraction of sp³-hybridized carbons (Fsp3) is 0.143. The van der Waals surface area contributed by atoms with Crippen LogP contribution in [0, 0.1) is 23.3 Å². The van der Waals surface area contributed by atoms with Gasteiger partial charge in [-0.05, 0) is 23.3 Å². The molecule has 0 saturated carbocycles. The summed E-state index contributed by atoms with van der Waals surface area (Å²) in [4.78, 5) is 0. The fourth-order valence-electron chi connectivity index (χ4n) is 1.88. The van der Waals surface area contributed by atoms with Crippen molar-refractivity contribution in [2.45, 2.75) is 12.8 Å². The first kappa shape index (κ1) is 12.6. The van der Waals surface area contributed by atoms with Crippen molar-refractivity contribution in [3.05, 3.63) is 70.8 Å². The van der Waals surface area contributed by atoms with Gasteiger partial charge in [0.1, 0.15) is 0 Å². The van der Waals surface area contributed by atoms with Crippen LogP contribution in [0.3, 0.4) is 0 Å². The summed E-state index contributed by atoms with van der Waals surface area (Å²) in [7, 11) is 0. The van der Waals surface area contributed by atoms with Gasteiger partial charge < -0.3 is 0 Å². The molecule has 0 heterocycles. The van der Waals surface area contributed by atoms with Crippen molar-refractivity contribution in [1.29, 1.82) is 0 Å². The van der Waals surface area contributed by atoms with E-state index in [9.17, 15) is 17.6 Å². The van der Waals surface area contributed by atoms with E-state index in [1.54, 1.807) is 0 Å². The molecule has 18 heavy (non-hydrogen) atoms. The molecule has 0 N–H and O–H groups in total. The minimum atomic E-state index is -1.03.